The number of piperazine rings is 1. The van der Waals surface area contributed by atoms with Crippen LogP contribution in [0.1, 0.15) is 6.42 Å². The van der Waals surface area contributed by atoms with Crippen LogP contribution in [0.15, 0.2) is 47.4 Å². The first-order valence-electron chi connectivity index (χ1n) is 8.99. The highest BCUT2D eigenvalue weighted by Gasteiger charge is 2.30. The summed E-state index contributed by atoms with van der Waals surface area (Å²) in [5, 5.41) is 2.73. The van der Waals surface area contributed by atoms with Gasteiger partial charge in [0.05, 0.1) is 5.69 Å². The second kappa shape index (κ2) is 9.17. The Kier molecular flexibility index (Phi) is 6.84. The van der Waals surface area contributed by atoms with Gasteiger partial charge in [-0.2, -0.15) is 4.31 Å². The van der Waals surface area contributed by atoms with Gasteiger partial charge >= 0.3 is 0 Å². The van der Waals surface area contributed by atoms with E-state index < -0.39 is 21.7 Å². The molecule has 3 rings (SSSR count). The molecule has 1 saturated heterocycles. The van der Waals surface area contributed by atoms with Gasteiger partial charge in [-0.3, -0.25) is 4.79 Å². The van der Waals surface area contributed by atoms with Crippen molar-refractivity contribution in [1.29, 1.82) is 0 Å². The minimum Gasteiger partial charge on any atom is -0.324 e. The number of carbonyl (C=O) groups excluding carboxylic acids is 1. The standard InChI is InChI=1S/C19H20ClF2N3O3S/c20-14-5-6-17(16(22)13-14)23-19(26)7-8-24-9-11-25(12-10-24)29(27,28)18-4-2-1-3-15(18)21/h1-6,13H,7-12H2,(H,23,26). The third-order valence-corrected chi connectivity index (χ3v) is 6.81. The fourth-order valence-electron chi connectivity index (χ4n) is 3.05. The van der Waals surface area contributed by atoms with Crippen molar-refractivity contribution in [3.05, 3.63) is 59.1 Å². The van der Waals surface area contributed by atoms with E-state index in [1.807, 2.05) is 4.90 Å². The zero-order chi connectivity index (χ0) is 21.0. The minimum absolute atomic E-state index is 0.0557. The first kappa shape index (κ1) is 21.6. The zero-order valence-electron chi connectivity index (χ0n) is 15.4. The smallest absolute Gasteiger partial charge is 0.246 e. The molecule has 0 saturated carbocycles. The first-order valence-corrected chi connectivity index (χ1v) is 10.8. The van der Waals surface area contributed by atoms with Crippen molar-refractivity contribution in [3.63, 3.8) is 0 Å². The van der Waals surface area contributed by atoms with Crippen LogP contribution in [0.4, 0.5) is 14.5 Å². The second-order valence-corrected chi connectivity index (χ2v) is 8.94. The largest absolute Gasteiger partial charge is 0.324 e. The van der Waals surface area contributed by atoms with Gasteiger partial charge in [0, 0.05) is 44.2 Å². The average Bonchev–Trinajstić information content (AvgIpc) is 2.69. The Bertz CT molecular complexity index is 996. The van der Waals surface area contributed by atoms with Crippen LogP contribution in [-0.2, 0) is 14.8 Å². The Morgan fingerprint density at radius 2 is 1.72 bits per heavy atom. The minimum atomic E-state index is -3.90. The van der Waals surface area contributed by atoms with Crippen molar-refractivity contribution in [3.8, 4) is 0 Å². The van der Waals surface area contributed by atoms with E-state index in [9.17, 15) is 22.0 Å². The summed E-state index contributed by atoms with van der Waals surface area (Å²) in [5.41, 5.74) is 0.0557. The third-order valence-electron chi connectivity index (χ3n) is 4.65. The van der Waals surface area contributed by atoms with E-state index in [2.05, 4.69) is 5.32 Å². The van der Waals surface area contributed by atoms with Gasteiger partial charge in [0.15, 0.2) is 0 Å². The maximum absolute atomic E-state index is 13.9. The molecule has 0 aliphatic carbocycles. The fourth-order valence-corrected chi connectivity index (χ4v) is 4.70. The molecule has 10 heteroatoms. The molecule has 1 aliphatic heterocycles. The van der Waals surface area contributed by atoms with E-state index in [0.29, 0.717) is 19.6 Å². The van der Waals surface area contributed by atoms with Gasteiger partial charge in [0.25, 0.3) is 0 Å². The van der Waals surface area contributed by atoms with Crippen molar-refractivity contribution in [2.75, 3.05) is 38.0 Å². The number of amides is 1. The van der Waals surface area contributed by atoms with E-state index in [1.54, 1.807) is 0 Å². The summed E-state index contributed by atoms with van der Waals surface area (Å²) in [4.78, 5) is 13.7. The molecule has 1 amide bonds. The van der Waals surface area contributed by atoms with Crippen LogP contribution in [0.5, 0.6) is 0 Å². The Morgan fingerprint density at radius 3 is 2.38 bits per heavy atom. The number of benzene rings is 2. The summed E-state index contributed by atoms with van der Waals surface area (Å²) in [6, 6.07) is 9.27. The summed E-state index contributed by atoms with van der Waals surface area (Å²) in [7, 11) is -3.90. The number of nitrogens with one attached hydrogen (secondary N) is 1. The van der Waals surface area contributed by atoms with E-state index in [4.69, 9.17) is 11.6 Å². The highest BCUT2D eigenvalue weighted by atomic mass is 35.5. The number of anilines is 1. The molecule has 6 nitrogen and oxygen atoms in total. The topological polar surface area (TPSA) is 69.7 Å². The number of carbonyl (C=O) groups is 1. The van der Waals surface area contributed by atoms with Gasteiger partial charge in [0.1, 0.15) is 16.5 Å². The van der Waals surface area contributed by atoms with E-state index in [0.717, 1.165) is 12.1 Å². The monoisotopic (exact) mass is 443 g/mol. The van der Waals surface area contributed by atoms with Crippen LogP contribution in [0.3, 0.4) is 0 Å². The lowest BCUT2D eigenvalue weighted by molar-refractivity contribution is -0.116. The van der Waals surface area contributed by atoms with Gasteiger partial charge in [-0.1, -0.05) is 23.7 Å². The van der Waals surface area contributed by atoms with Crippen LogP contribution < -0.4 is 5.32 Å². The van der Waals surface area contributed by atoms with E-state index in [1.165, 1.54) is 34.6 Å². The lowest BCUT2D eigenvalue weighted by Gasteiger charge is -2.33. The van der Waals surface area contributed by atoms with E-state index in [-0.39, 0.29) is 41.0 Å². The molecule has 2 aromatic rings. The van der Waals surface area contributed by atoms with Crippen LogP contribution in [-0.4, -0.2) is 56.3 Å². The molecule has 1 aliphatic rings. The van der Waals surface area contributed by atoms with E-state index >= 15 is 0 Å². The number of nitrogens with zero attached hydrogens (tertiary/aromatic N) is 2. The van der Waals surface area contributed by atoms with Crippen molar-refractivity contribution < 1.29 is 22.0 Å². The third kappa shape index (κ3) is 5.30. The van der Waals surface area contributed by atoms with Crippen LogP contribution in [0, 0.1) is 11.6 Å². The van der Waals surface area contributed by atoms with Gasteiger partial charge in [-0.15, -0.1) is 0 Å². The molecule has 0 atom stereocenters. The molecule has 0 aromatic heterocycles. The summed E-state index contributed by atoms with van der Waals surface area (Å²) in [6.45, 7) is 1.62. The maximum atomic E-state index is 13.9. The second-order valence-electron chi connectivity index (χ2n) is 6.60. The molecule has 1 heterocycles. The molecular formula is C19H20ClF2N3O3S. The maximum Gasteiger partial charge on any atom is 0.246 e. The number of sulfonamides is 1. The Balaban J connectivity index is 1.50. The number of hydrogen-bond acceptors (Lipinski definition) is 4. The average molecular weight is 444 g/mol. The van der Waals surface area contributed by atoms with Gasteiger partial charge in [-0.05, 0) is 30.3 Å². The SMILES string of the molecule is O=C(CCN1CCN(S(=O)(=O)c2ccccc2F)CC1)Nc1ccc(Cl)cc1F. The Morgan fingerprint density at radius 1 is 1.03 bits per heavy atom. The molecule has 0 unspecified atom stereocenters. The Hall–Kier alpha value is -2.07. The normalized spacial score (nSPS) is 16.0. The van der Waals surface area contributed by atoms with Crippen LogP contribution in [0.2, 0.25) is 5.02 Å². The number of rotatable bonds is 6. The van der Waals surface area contributed by atoms with Gasteiger partial charge in [0.2, 0.25) is 15.9 Å². The quantitative estimate of drug-likeness (QED) is 0.745. The fraction of sp³-hybridized carbons (Fsp3) is 0.316. The molecule has 1 fully saturated rings. The van der Waals surface area contributed by atoms with Crippen LogP contribution >= 0.6 is 11.6 Å². The molecule has 2 aromatic carbocycles. The van der Waals surface area contributed by atoms with Crippen molar-refractivity contribution in [2.24, 2.45) is 0 Å². The predicted octanol–water partition coefficient (Wildman–Crippen LogP) is 2.95. The van der Waals surface area contributed by atoms with Crippen molar-refractivity contribution in [2.45, 2.75) is 11.3 Å². The van der Waals surface area contributed by atoms with Crippen LogP contribution in [0.25, 0.3) is 0 Å². The Labute approximate surface area is 173 Å². The summed E-state index contributed by atoms with van der Waals surface area (Å²) in [6.07, 6.45) is 0.127. The van der Waals surface area contributed by atoms with Gasteiger partial charge in [-0.25, -0.2) is 17.2 Å². The first-order chi connectivity index (χ1) is 13.8. The van der Waals surface area contributed by atoms with Crippen molar-refractivity contribution >= 4 is 33.2 Å². The number of halogens is 3. The summed E-state index contributed by atoms with van der Waals surface area (Å²) < 4.78 is 54.0. The highest BCUT2D eigenvalue weighted by molar-refractivity contribution is 7.89. The lowest BCUT2D eigenvalue weighted by Crippen LogP contribution is -2.49. The molecule has 0 bridgehead atoms. The van der Waals surface area contributed by atoms with Crippen molar-refractivity contribution in [1.82, 2.24) is 9.21 Å². The highest BCUT2D eigenvalue weighted by Crippen LogP contribution is 2.21. The lowest BCUT2D eigenvalue weighted by atomic mass is 10.2. The molecule has 0 radical (unpaired) electrons. The zero-order valence-corrected chi connectivity index (χ0v) is 17.0. The molecule has 29 heavy (non-hydrogen) atoms. The molecular weight excluding hydrogens is 424 g/mol. The summed E-state index contributed by atoms with van der Waals surface area (Å²) >= 11 is 5.68. The van der Waals surface area contributed by atoms with Gasteiger partial charge < -0.3 is 10.2 Å². The summed E-state index contributed by atoms with van der Waals surface area (Å²) in [5.74, 6) is -1.74. The molecule has 1 N–H and O–H groups in total. The number of hydrogen-bond donors (Lipinski definition) is 1. The predicted molar refractivity (Wildman–Crippen MR) is 106 cm³/mol. The molecule has 156 valence electrons. The molecule has 0 spiro atoms.